The standard InChI is InChI=1S/C25H34N4O5S/c1-25(2,3)34-24(32)28(15-18-7-6-12-33-18)14-17-8-9-20-19(13-17)27-23-29(20)16-21(35-23)22(31)26-10-4-5-11-30/h8-9,13,16,18,30H,4-7,10-12,14-15H2,1-3H3,(H,26,31). The van der Waals surface area contributed by atoms with Gasteiger partial charge in [-0.3, -0.25) is 9.20 Å². The number of aliphatic hydroxyl groups excluding tert-OH is 1. The summed E-state index contributed by atoms with van der Waals surface area (Å²) in [5.41, 5.74) is 2.09. The molecule has 0 radical (unpaired) electrons. The number of carbonyl (C=O) groups is 2. The largest absolute Gasteiger partial charge is 0.444 e. The van der Waals surface area contributed by atoms with Gasteiger partial charge in [-0.1, -0.05) is 17.4 Å². The number of hydrogen-bond donors (Lipinski definition) is 2. The van der Waals surface area contributed by atoms with Crippen molar-refractivity contribution in [3.63, 3.8) is 0 Å². The predicted molar refractivity (Wildman–Crippen MR) is 135 cm³/mol. The summed E-state index contributed by atoms with van der Waals surface area (Å²) < 4.78 is 13.3. The number of thiazole rings is 1. The van der Waals surface area contributed by atoms with Crippen LogP contribution in [0.5, 0.6) is 0 Å². The van der Waals surface area contributed by atoms with Crippen LogP contribution in [0.2, 0.25) is 0 Å². The highest BCUT2D eigenvalue weighted by Crippen LogP contribution is 2.26. The van der Waals surface area contributed by atoms with Crippen LogP contribution in [0.25, 0.3) is 16.0 Å². The highest BCUT2D eigenvalue weighted by molar-refractivity contribution is 7.18. The lowest BCUT2D eigenvalue weighted by atomic mass is 10.1. The van der Waals surface area contributed by atoms with Crippen LogP contribution < -0.4 is 5.32 Å². The van der Waals surface area contributed by atoms with Gasteiger partial charge in [0.25, 0.3) is 5.91 Å². The molecule has 2 aromatic heterocycles. The first-order chi connectivity index (χ1) is 16.7. The van der Waals surface area contributed by atoms with Gasteiger partial charge in [-0.05, 0) is 64.2 Å². The van der Waals surface area contributed by atoms with Crippen molar-refractivity contribution in [1.29, 1.82) is 0 Å². The minimum absolute atomic E-state index is 0.0254. The summed E-state index contributed by atoms with van der Waals surface area (Å²) in [5.74, 6) is -0.134. The first-order valence-corrected chi connectivity index (χ1v) is 12.9. The summed E-state index contributed by atoms with van der Waals surface area (Å²) in [5, 5.41) is 11.7. The zero-order valence-corrected chi connectivity index (χ0v) is 21.4. The minimum Gasteiger partial charge on any atom is -0.444 e. The third-order valence-corrected chi connectivity index (χ3v) is 6.72. The number of nitrogens with one attached hydrogen (secondary N) is 1. The smallest absolute Gasteiger partial charge is 0.410 e. The van der Waals surface area contributed by atoms with Crippen molar-refractivity contribution in [2.24, 2.45) is 0 Å². The Labute approximate surface area is 209 Å². The quantitative estimate of drug-likeness (QED) is 0.429. The number of aromatic nitrogens is 2. The van der Waals surface area contributed by atoms with Crippen LogP contribution >= 0.6 is 11.3 Å². The Kier molecular flexibility index (Phi) is 7.93. The first kappa shape index (κ1) is 25.4. The molecule has 35 heavy (non-hydrogen) atoms. The third-order valence-electron chi connectivity index (χ3n) is 5.74. The predicted octanol–water partition coefficient (Wildman–Crippen LogP) is 3.97. The number of imidazole rings is 1. The zero-order valence-electron chi connectivity index (χ0n) is 20.6. The van der Waals surface area contributed by atoms with Gasteiger partial charge in [-0.25, -0.2) is 9.78 Å². The van der Waals surface area contributed by atoms with E-state index in [0.717, 1.165) is 47.4 Å². The molecule has 1 fully saturated rings. The lowest BCUT2D eigenvalue weighted by Gasteiger charge is -2.29. The van der Waals surface area contributed by atoms with Crippen molar-refractivity contribution in [2.75, 3.05) is 26.3 Å². The van der Waals surface area contributed by atoms with Crippen molar-refractivity contribution < 1.29 is 24.2 Å². The van der Waals surface area contributed by atoms with Gasteiger partial charge in [0.15, 0.2) is 4.96 Å². The molecule has 1 unspecified atom stereocenters. The number of aliphatic hydroxyl groups is 1. The molecule has 2 amide bonds. The van der Waals surface area contributed by atoms with E-state index in [1.54, 1.807) is 11.1 Å². The summed E-state index contributed by atoms with van der Waals surface area (Å²) in [6, 6.07) is 5.94. The van der Waals surface area contributed by atoms with Crippen molar-refractivity contribution >= 4 is 39.3 Å². The number of nitrogens with zero attached hydrogens (tertiary/aromatic N) is 3. The van der Waals surface area contributed by atoms with Gasteiger partial charge in [0.05, 0.1) is 23.7 Å². The Morgan fingerprint density at radius 2 is 2.17 bits per heavy atom. The van der Waals surface area contributed by atoms with E-state index in [0.29, 0.717) is 30.9 Å². The zero-order chi connectivity index (χ0) is 25.0. The van der Waals surface area contributed by atoms with E-state index >= 15 is 0 Å². The van der Waals surface area contributed by atoms with Crippen LogP contribution in [0.15, 0.2) is 24.4 Å². The lowest BCUT2D eigenvalue weighted by Crippen LogP contribution is -2.40. The van der Waals surface area contributed by atoms with Crippen molar-refractivity contribution in [1.82, 2.24) is 19.6 Å². The summed E-state index contributed by atoms with van der Waals surface area (Å²) in [6.07, 6.45) is 4.83. The van der Waals surface area contributed by atoms with Crippen LogP contribution in [0, 0.1) is 0 Å². The second-order valence-electron chi connectivity index (χ2n) is 9.87. The Morgan fingerprint density at radius 3 is 2.89 bits per heavy atom. The SMILES string of the molecule is CC(C)(C)OC(=O)N(Cc1ccc2c(c1)nc1sc(C(=O)NCCCCO)cn12)CC1CCCO1. The highest BCUT2D eigenvalue weighted by Gasteiger charge is 2.27. The van der Waals surface area contributed by atoms with Gasteiger partial charge in [0.2, 0.25) is 0 Å². The van der Waals surface area contributed by atoms with E-state index in [1.165, 1.54) is 11.3 Å². The van der Waals surface area contributed by atoms with E-state index in [1.807, 2.05) is 43.4 Å². The maximum Gasteiger partial charge on any atom is 0.410 e. The van der Waals surface area contributed by atoms with Crippen LogP contribution in [0.3, 0.4) is 0 Å². The molecular formula is C25H34N4O5S. The van der Waals surface area contributed by atoms with Crippen LogP contribution in [-0.2, 0) is 16.0 Å². The molecule has 190 valence electrons. The molecule has 0 saturated carbocycles. The second-order valence-corrected chi connectivity index (χ2v) is 10.9. The van der Waals surface area contributed by atoms with Crippen molar-refractivity contribution in [3.05, 3.63) is 34.8 Å². The Hall–Kier alpha value is -2.69. The molecule has 1 saturated heterocycles. The van der Waals surface area contributed by atoms with Crippen LogP contribution in [-0.4, -0.2) is 69.4 Å². The van der Waals surface area contributed by atoms with E-state index in [2.05, 4.69) is 5.32 Å². The van der Waals surface area contributed by atoms with Gasteiger partial charge in [-0.2, -0.15) is 0 Å². The summed E-state index contributed by atoms with van der Waals surface area (Å²) in [4.78, 5) is 33.1. The monoisotopic (exact) mass is 502 g/mol. The van der Waals surface area contributed by atoms with E-state index in [9.17, 15) is 9.59 Å². The minimum atomic E-state index is -0.576. The van der Waals surface area contributed by atoms with Crippen LogP contribution in [0.1, 0.15) is 61.7 Å². The Bertz CT molecular complexity index is 1180. The number of fused-ring (bicyclic) bond motifs is 3. The summed E-state index contributed by atoms with van der Waals surface area (Å²) >= 11 is 1.34. The molecule has 10 heteroatoms. The highest BCUT2D eigenvalue weighted by atomic mass is 32.1. The number of carbonyl (C=O) groups excluding carboxylic acids is 2. The average molecular weight is 503 g/mol. The molecule has 0 spiro atoms. The van der Waals surface area contributed by atoms with Crippen molar-refractivity contribution in [3.8, 4) is 0 Å². The molecule has 1 aromatic carbocycles. The number of unbranched alkanes of at least 4 members (excludes halogenated alkanes) is 1. The molecule has 9 nitrogen and oxygen atoms in total. The number of hydrogen-bond acceptors (Lipinski definition) is 7. The van der Waals surface area contributed by atoms with Gasteiger partial charge >= 0.3 is 6.09 Å². The van der Waals surface area contributed by atoms with Gasteiger partial charge in [-0.15, -0.1) is 0 Å². The molecule has 1 atom stereocenters. The van der Waals surface area contributed by atoms with E-state index in [4.69, 9.17) is 19.6 Å². The topological polar surface area (TPSA) is 105 Å². The number of amides is 2. The number of ether oxygens (including phenoxy) is 2. The summed E-state index contributed by atoms with van der Waals surface area (Å²) in [6.45, 7) is 7.87. The Morgan fingerprint density at radius 1 is 1.34 bits per heavy atom. The molecule has 3 aromatic rings. The molecule has 3 heterocycles. The van der Waals surface area contributed by atoms with Gasteiger partial charge < -0.3 is 24.8 Å². The third kappa shape index (κ3) is 6.50. The first-order valence-electron chi connectivity index (χ1n) is 12.1. The number of benzene rings is 1. The van der Waals surface area contributed by atoms with Crippen LogP contribution in [0.4, 0.5) is 4.79 Å². The molecule has 0 bridgehead atoms. The normalized spacial score (nSPS) is 16.2. The van der Waals surface area contributed by atoms with E-state index < -0.39 is 5.60 Å². The maximum absolute atomic E-state index is 12.9. The molecular weight excluding hydrogens is 468 g/mol. The van der Waals surface area contributed by atoms with E-state index in [-0.39, 0.29) is 24.7 Å². The second kappa shape index (κ2) is 10.9. The molecule has 0 aliphatic carbocycles. The van der Waals surface area contributed by atoms with Crippen molar-refractivity contribution in [2.45, 2.75) is 64.7 Å². The number of rotatable bonds is 9. The molecule has 2 N–H and O–H groups in total. The molecule has 1 aliphatic rings. The molecule has 4 rings (SSSR count). The fourth-order valence-electron chi connectivity index (χ4n) is 4.07. The fraction of sp³-hybridized carbons (Fsp3) is 0.560. The summed E-state index contributed by atoms with van der Waals surface area (Å²) in [7, 11) is 0. The molecule has 1 aliphatic heterocycles. The van der Waals surface area contributed by atoms with Gasteiger partial charge in [0, 0.05) is 32.5 Å². The van der Waals surface area contributed by atoms with Gasteiger partial charge in [0.1, 0.15) is 10.5 Å². The average Bonchev–Trinajstić information content (AvgIpc) is 3.51. The maximum atomic E-state index is 12.9. The fourth-order valence-corrected chi connectivity index (χ4v) is 4.99. The lowest BCUT2D eigenvalue weighted by molar-refractivity contribution is 0.00860. The Balaban J connectivity index is 1.50.